The van der Waals surface area contributed by atoms with E-state index in [1.807, 2.05) is 54.7 Å². The third-order valence-corrected chi connectivity index (χ3v) is 7.82. The fourth-order valence-corrected chi connectivity index (χ4v) is 4.99. The van der Waals surface area contributed by atoms with Gasteiger partial charge in [-0.15, -0.1) is 0 Å². The number of allylic oxidation sites excluding steroid dienone is 12. The van der Waals surface area contributed by atoms with Crippen molar-refractivity contribution < 1.29 is 37.9 Å². The van der Waals surface area contributed by atoms with Crippen molar-refractivity contribution in [2.24, 2.45) is 0 Å². The van der Waals surface area contributed by atoms with Crippen molar-refractivity contribution in [2.45, 2.75) is 148 Å². The van der Waals surface area contributed by atoms with Crippen LogP contribution in [-0.4, -0.2) is 41.0 Å². The minimum Gasteiger partial charge on any atom is -0.462 e. The molecule has 8 nitrogen and oxygen atoms in total. The topological polar surface area (TPSA) is 119 Å². The number of carbonyl (C=O) groups is 2. The van der Waals surface area contributed by atoms with Crippen LogP contribution in [0.2, 0.25) is 0 Å². The molecule has 2 N–H and O–H groups in total. The van der Waals surface area contributed by atoms with Crippen LogP contribution in [0.4, 0.5) is 0 Å². The van der Waals surface area contributed by atoms with Crippen molar-refractivity contribution in [3.63, 3.8) is 0 Å². The number of phosphoric acid groups is 1. The minimum absolute atomic E-state index is 0.111. The van der Waals surface area contributed by atoms with Gasteiger partial charge in [0.15, 0.2) is 6.10 Å². The predicted octanol–water partition coefficient (Wildman–Crippen LogP) is 10.7. The van der Waals surface area contributed by atoms with Crippen molar-refractivity contribution in [2.75, 3.05) is 13.2 Å². The lowest BCUT2D eigenvalue weighted by Crippen LogP contribution is -2.29. The van der Waals surface area contributed by atoms with E-state index in [9.17, 15) is 14.2 Å². The van der Waals surface area contributed by atoms with Crippen molar-refractivity contribution >= 4 is 19.8 Å². The Labute approximate surface area is 291 Å². The van der Waals surface area contributed by atoms with Crippen LogP contribution in [0, 0.1) is 0 Å². The second-order valence-corrected chi connectivity index (χ2v) is 13.2. The molecule has 0 aliphatic carbocycles. The average Bonchev–Trinajstić information content (AvgIpc) is 3.05. The van der Waals surface area contributed by atoms with Crippen LogP contribution in [0.25, 0.3) is 0 Å². The summed E-state index contributed by atoms with van der Waals surface area (Å²) < 4.78 is 26.2. The number of ether oxygens (including phenoxy) is 2. The van der Waals surface area contributed by atoms with Gasteiger partial charge in [0.05, 0.1) is 6.61 Å². The summed E-state index contributed by atoms with van der Waals surface area (Å²) in [6, 6.07) is 0. The summed E-state index contributed by atoms with van der Waals surface area (Å²) in [5, 5.41) is 0. The van der Waals surface area contributed by atoms with Gasteiger partial charge in [-0.1, -0.05) is 151 Å². The van der Waals surface area contributed by atoms with Gasteiger partial charge in [0.1, 0.15) is 6.61 Å². The molecule has 0 aromatic carbocycles. The maximum atomic E-state index is 12.3. The van der Waals surface area contributed by atoms with E-state index in [1.54, 1.807) is 0 Å². The highest BCUT2D eigenvalue weighted by Gasteiger charge is 2.22. The number of phosphoric ester groups is 1. The highest BCUT2D eigenvalue weighted by atomic mass is 31.2. The molecular weight excluding hydrogens is 627 g/mol. The Morgan fingerprint density at radius 2 is 1.04 bits per heavy atom. The SMILES string of the molecule is CC/C=C/C=C/C=C/C=C/C=C/CCCC(=O)OC(COC(=O)CCCCCCCCC/C=C/CCCCCCCC)COP(=O)(O)O. The highest BCUT2D eigenvalue weighted by Crippen LogP contribution is 2.35. The zero-order valence-electron chi connectivity index (χ0n) is 29.9. The monoisotopic (exact) mass is 692 g/mol. The van der Waals surface area contributed by atoms with Gasteiger partial charge in [-0.05, 0) is 51.4 Å². The number of carbonyl (C=O) groups excluding carboxylic acids is 2. The molecule has 0 aliphatic rings. The largest absolute Gasteiger partial charge is 0.469 e. The molecule has 0 aromatic rings. The van der Waals surface area contributed by atoms with Gasteiger partial charge in [-0.3, -0.25) is 14.1 Å². The summed E-state index contributed by atoms with van der Waals surface area (Å²) >= 11 is 0. The van der Waals surface area contributed by atoms with Gasteiger partial charge in [0.25, 0.3) is 0 Å². The van der Waals surface area contributed by atoms with Gasteiger partial charge in [0, 0.05) is 12.8 Å². The minimum atomic E-state index is -4.77. The van der Waals surface area contributed by atoms with Crippen LogP contribution in [-0.2, 0) is 28.2 Å². The van der Waals surface area contributed by atoms with E-state index in [2.05, 4.69) is 36.6 Å². The van der Waals surface area contributed by atoms with Gasteiger partial charge in [-0.2, -0.15) is 0 Å². The second kappa shape index (κ2) is 34.4. The average molecular weight is 693 g/mol. The number of hydrogen-bond donors (Lipinski definition) is 2. The van der Waals surface area contributed by atoms with E-state index in [1.165, 1.54) is 64.2 Å². The Morgan fingerprint density at radius 1 is 0.562 bits per heavy atom. The van der Waals surface area contributed by atoms with Gasteiger partial charge >= 0.3 is 19.8 Å². The fraction of sp³-hybridized carbons (Fsp3) is 0.641. The zero-order valence-corrected chi connectivity index (χ0v) is 30.7. The summed E-state index contributed by atoms with van der Waals surface area (Å²) in [5.41, 5.74) is 0. The summed E-state index contributed by atoms with van der Waals surface area (Å²) in [5.74, 6) is -0.984. The van der Waals surface area contributed by atoms with Crippen molar-refractivity contribution in [1.29, 1.82) is 0 Å². The Bertz CT molecular complexity index is 1010. The summed E-state index contributed by atoms with van der Waals surface area (Å²) in [4.78, 5) is 42.6. The van der Waals surface area contributed by atoms with Gasteiger partial charge in [0.2, 0.25) is 0 Å². The number of hydrogen-bond acceptors (Lipinski definition) is 6. The van der Waals surface area contributed by atoms with Crippen LogP contribution in [0.1, 0.15) is 142 Å². The molecule has 0 amide bonds. The smallest absolute Gasteiger partial charge is 0.462 e. The van der Waals surface area contributed by atoms with Crippen LogP contribution < -0.4 is 0 Å². The number of unbranched alkanes of at least 4 members (excludes halogenated alkanes) is 14. The number of esters is 2. The molecule has 0 aliphatic heterocycles. The molecule has 0 saturated carbocycles. The van der Waals surface area contributed by atoms with Gasteiger partial charge in [-0.25, -0.2) is 4.57 Å². The lowest BCUT2D eigenvalue weighted by atomic mass is 10.1. The zero-order chi connectivity index (χ0) is 35.4. The van der Waals surface area contributed by atoms with E-state index < -0.39 is 32.5 Å². The van der Waals surface area contributed by atoms with E-state index in [-0.39, 0.29) is 19.4 Å². The predicted molar refractivity (Wildman–Crippen MR) is 197 cm³/mol. The quantitative estimate of drug-likeness (QED) is 0.0235. The molecule has 0 aromatic heterocycles. The molecule has 274 valence electrons. The highest BCUT2D eigenvalue weighted by molar-refractivity contribution is 7.46. The molecule has 0 bridgehead atoms. The van der Waals surface area contributed by atoms with E-state index in [4.69, 9.17) is 19.3 Å². The molecule has 1 atom stereocenters. The maximum Gasteiger partial charge on any atom is 0.469 e. The second-order valence-electron chi connectivity index (χ2n) is 11.9. The van der Waals surface area contributed by atoms with Crippen LogP contribution in [0.5, 0.6) is 0 Å². The summed E-state index contributed by atoms with van der Waals surface area (Å²) in [6.07, 6.45) is 43.5. The summed E-state index contributed by atoms with van der Waals surface area (Å²) in [7, 11) is -4.77. The Hall–Kier alpha value is -2.51. The lowest BCUT2D eigenvalue weighted by molar-refractivity contribution is -0.161. The molecule has 0 fully saturated rings. The summed E-state index contributed by atoms with van der Waals surface area (Å²) in [6.45, 7) is 3.45. The molecule has 0 radical (unpaired) electrons. The van der Waals surface area contributed by atoms with Crippen LogP contribution in [0.3, 0.4) is 0 Å². The maximum absolute atomic E-state index is 12.3. The lowest BCUT2D eigenvalue weighted by Gasteiger charge is -2.18. The first-order valence-electron chi connectivity index (χ1n) is 18.3. The van der Waals surface area contributed by atoms with E-state index in [0.717, 1.165) is 32.1 Å². The van der Waals surface area contributed by atoms with E-state index >= 15 is 0 Å². The van der Waals surface area contributed by atoms with E-state index in [0.29, 0.717) is 19.3 Å². The molecule has 0 saturated heterocycles. The molecule has 1 unspecified atom stereocenters. The Kier molecular flexibility index (Phi) is 32.6. The molecular formula is C39H65O8P. The normalized spacial score (nSPS) is 13.3. The Morgan fingerprint density at radius 3 is 1.60 bits per heavy atom. The molecule has 0 spiro atoms. The third-order valence-electron chi connectivity index (χ3n) is 7.34. The standard InChI is InChI=1S/C39H65O8P/c1-3-5-7-9-11-13-15-17-18-19-20-22-23-25-27-29-31-33-38(40)45-35-37(36-46-48(42,43)44)47-39(41)34-32-30-28-26-24-21-16-14-12-10-8-6-4-2/h6,8,10,12,14,16-18,21,24,26,28,37H,3-5,7,9,11,13,15,19-20,22-23,25,27,29-36H2,1-2H3,(H2,42,43,44)/b8-6+,12-10+,16-14+,18-17+,24-21+,28-26+. The van der Waals surface area contributed by atoms with Gasteiger partial charge < -0.3 is 19.3 Å². The molecule has 9 heteroatoms. The first kappa shape index (κ1) is 45.5. The molecule has 48 heavy (non-hydrogen) atoms. The first-order valence-corrected chi connectivity index (χ1v) is 19.8. The molecule has 0 heterocycles. The number of rotatable bonds is 32. The third kappa shape index (κ3) is 36.3. The van der Waals surface area contributed by atoms with Crippen molar-refractivity contribution in [1.82, 2.24) is 0 Å². The van der Waals surface area contributed by atoms with Crippen molar-refractivity contribution in [3.05, 3.63) is 72.9 Å². The van der Waals surface area contributed by atoms with Crippen LogP contribution in [0.15, 0.2) is 72.9 Å². The van der Waals surface area contributed by atoms with Crippen LogP contribution >= 0.6 is 7.82 Å². The first-order chi connectivity index (χ1) is 23.3. The van der Waals surface area contributed by atoms with Crippen molar-refractivity contribution in [3.8, 4) is 0 Å². The molecule has 0 rings (SSSR count). The Balaban J connectivity index is 4.08. The fourth-order valence-electron chi connectivity index (χ4n) is 4.63.